The molecule has 0 bridgehead atoms. The molecule has 1 atom stereocenters. The van der Waals surface area contributed by atoms with Crippen LogP contribution in [0.3, 0.4) is 0 Å². The van der Waals surface area contributed by atoms with Gasteiger partial charge in [0.2, 0.25) is 0 Å². The molecule has 0 rings (SSSR count). The lowest BCUT2D eigenvalue weighted by molar-refractivity contribution is 0.145. The summed E-state index contributed by atoms with van der Waals surface area (Å²) in [7, 11) is 0. The Labute approximate surface area is 58.4 Å². The summed E-state index contributed by atoms with van der Waals surface area (Å²) in [6.07, 6.45) is 2.42. The van der Waals surface area contributed by atoms with Crippen molar-refractivity contribution in [3.05, 3.63) is 6.92 Å². The molecule has 0 fully saturated rings. The zero-order valence-electron chi connectivity index (χ0n) is 6.52. The molecule has 0 heterocycles. The van der Waals surface area contributed by atoms with E-state index in [9.17, 15) is 0 Å². The molecule has 55 valence electrons. The molecule has 0 N–H and O–H groups in total. The van der Waals surface area contributed by atoms with Gasteiger partial charge in [-0.05, 0) is 19.3 Å². The predicted molar refractivity (Wildman–Crippen MR) is 40.2 cm³/mol. The van der Waals surface area contributed by atoms with Gasteiger partial charge in [0.1, 0.15) is 0 Å². The Morgan fingerprint density at radius 3 is 2.67 bits per heavy atom. The van der Waals surface area contributed by atoms with Crippen LogP contribution in [0.2, 0.25) is 0 Å². The largest absolute Gasteiger partial charge is 0.381 e. The highest BCUT2D eigenvalue weighted by atomic mass is 16.5. The first-order valence-corrected chi connectivity index (χ1v) is 3.68. The second-order valence-electron chi connectivity index (χ2n) is 2.41. The molecular weight excluding hydrogens is 112 g/mol. The summed E-state index contributed by atoms with van der Waals surface area (Å²) in [4.78, 5) is 0. The number of rotatable bonds is 5. The zero-order valence-corrected chi connectivity index (χ0v) is 6.52. The van der Waals surface area contributed by atoms with Crippen molar-refractivity contribution >= 4 is 0 Å². The maximum atomic E-state index is 5.09. The first-order chi connectivity index (χ1) is 4.31. The van der Waals surface area contributed by atoms with E-state index in [1.807, 2.05) is 0 Å². The van der Waals surface area contributed by atoms with Crippen molar-refractivity contribution in [3.8, 4) is 0 Å². The van der Waals surface area contributed by atoms with Crippen molar-refractivity contribution in [2.45, 2.75) is 26.7 Å². The first-order valence-electron chi connectivity index (χ1n) is 3.68. The molecule has 0 aromatic rings. The Morgan fingerprint density at radius 1 is 1.56 bits per heavy atom. The smallest absolute Gasteiger partial charge is 0.0468 e. The molecule has 0 aliphatic rings. The van der Waals surface area contributed by atoms with Crippen LogP contribution in [0.5, 0.6) is 0 Å². The Bertz CT molecular complexity index is 52.5. The summed E-state index contributed by atoms with van der Waals surface area (Å²) in [6, 6.07) is 0. The van der Waals surface area contributed by atoms with Crippen molar-refractivity contribution in [3.63, 3.8) is 0 Å². The Morgan fingerprint density at radius 2 is 2.22 bits per heavy atom. The van der Waals surface area contributed by atoms with Crippen LogP contribution in [0.15, 0.2) is 0 Å². The van der Waals surface area contributed by atoms with E-state index in [1.165, 1.54) is 12.8 Å². The molecule has 0 amide bonds. The third-order valence-corrected chi connectivity index (χ3v) is 1.60. The lowest BCUT2D eigenvalue weighted by Crippen LogP contribution is -2.00. The number of ether oxygens (including phenoxy) is 1. The van der Waals surface area contributed by atoms with Gasteiger partial charge >= 0.3 is 0 Å². The van der Waals surface area contributed by atoms with Crippen LogP contribution < -0.4 is 0 Å². The lowest BCUT2D eigenvalue weighted by atomic mass is 10.1. The minimum absolute atomic E-state index is 0.608. The Hall–Kier alpha value is -0.0400. The summed E-state index contributed by atoms with van der Waals surface area (Å²) >= 11 is 0. The quantitative estimate of drug-likeness (QED) is 0.517. The van der Waals surface area contributed by atoms with Crippen molar-refractivity contribution in [2.24, 2.45) is 5.92 Å². The molecule has 0 aliphatic carbocycles. The second-order valence-corrected chi connectivity index (χ2v) is 2.41. The number of hydrogen-bond donors (Lipinski definition) is 0. The van der Waals surface area contributed by atoms with E-state index in [4.69, 9.17) is 4.74 Å². The minimum Gasteiger partial charge on any atom is -0.381 e. The highest BCUT2D eigenvalue weighted by molar-refractivity contribution is 4.47. The van der Waals surface area contributed by atoms with Crippen LogP contribution in [-0.4, -0.2) is 13.2 Å². The van der Waals surface area contributed by atoms with Crippen LogP contribution in [-0.2, 0) is 4.74 Å². The van der Waals surface area contributed by atoms with Gasteiger partial charge in [-0.3, -0.25) is 0 Å². The molecule has 0 saturated heterocycles. The maximum Gasteiger partial charge on any atom is 0.0468 e. The average molecular weight is 129 g/mol. The van der Waals surface area contributed by atoms with Gasteiger partial charge < -0.3 is 4.74 Å². The van der Waals surface area contributed by atoms with Gasteiger partial charge in [0, 0.05) is 13.2 Å². The van der Waals surface area contributed by atoms with Gasteiger partial charge in [-0.2, -0.15) is 0 Å². The summed E-state index contributed by atoms with van der Waals surface area (Å²) in [5, 5.41) is 0. The van der Waals surface area contributed by atoms with Gasteiger partial charge in [0.25, 0.3) is 0 Å². The third-order valence-electron chi connectivity index (χ3n) is 1.60. The summed E-state index contributed by atoms with van der Waals surface area (Å²) in [5.41, 5.74) is 0. The van der Waals surface area contributed by atoms with Crippen LogP contribution in [0, 0.1) is 12.8 Å². The maximum absolute atomic E-state index is 5.09. The summed E-state index contributed by atoms with van der Waals surface area (Å²) in [5.74, 6) is 0.802. The Kier molecular flexibility index (Phi) is 6.06. The minimum atomic E-state index is 0.608. The second kappa shape index (κ2) is 6.09. The van der Waals surface area contributed by atoms with Gasteiger partial charge in [-0.1, -0.05) is 20.3 Å². The molecule has 1 nitrogen and oxygen atoms in total. The molecule has 0 aromatic heterocycles. The van der Waals surface area contributed by atoms with E-state index < -0.39 is 0 Å². The third kappa shape index (κ3) is 5.84. The topological polar surface area (TPSA) is 9.23 Å². The van der Waals surface area contributed by atoms with E-state index in [1.54, 1.807) is 0 Å². The first kappa shape index (κ1) is 8.96. The molecule has 1 heteroatoms. The van der Waals surface area contributed by atoms with Gasteiger partial charge in [0.05, 0.1) is 0 Å². The van der Waals surface area contributed by atoms with Gasteiger partial charge in [-0.15, -0.1) is 0 Å². The lowest BCUT2D eigenvalue weighted by Gasteiger charge is -2.06. The van der Waals surface area contributed by atoms with E-state index in [0.29, 0.717) is 6.61 Å². The van der Waals surface area contributed by atoms with E-state index in [0.717, 1.165) is 12.5 Å². The Balaban J connectivity index is 2.88. The summed E-state index contributed by atoms with van der Waals surface area (Å²) < 4.78 is 5.09. The molecule has 9 heavy (non-hydrogen) atoms. The normalized spacial score (nSPS) is 13.7. The molecule has 0 aliphatic heterocycles. The van der Waals surface area contributed by atoms with Crippen molar-refractivity contribution in [1.82, 2.24) is 0 Å². The van der Waals surface area contributed by atoms with Gasteiger partial charge in [0.15, 0.2) is 0 Å². The molecule has 1 unspecified atom stereocenters. The van der Waals surface area contributed by atoms with Gasteiger partial charge in [-0.25, -0.2) is 0 Å². The van der Waals surface area contributed by atoms with E-state index in [2.05, 4.69) is 20.8 Å². The van der Waals surface area contributed by atoms with Crippen LogP contribution >= 0.6 is 0 Å². The summed E-state index contributed by atoms with van der Waals surface area (Å²) in [6.45, 7) is 9.51. The monoisotopic (exact) mass is 129 g/mol. The SMILES string of the molecule is [CH2]COCCC(C)CC. The van der Waals surface area contributed by atoms with E-state index >= 15 is 0 Å². The highest BCUT2D eigenvalue weighted by Gasteiger charge is 1.96. The van der Waals surface area contributed by atoms with E-state index in [-0.39, 0.29) is 0 Å². The standard InChI is InChI=1S/C8H17O/c1-4-8(3)6-7-9-5-2/h8H,2,4-7H2,1,3H3. The average Bonchev–Trinajstić information content (AvgIpc) is 1.89. The molecule has 0 spiro atoms. The zero-order chi connectivity index (χ0) is 7.11. The van der Waals surface area contributed by atoms with Crippen molar-refractivity contribution < 1.29 is 4.74 Å². The van der Waals surface area contributed by atoms with Crippen molar-refractivity contribution in [1.29, 1.82) is 0 Å². The van der Waals surface area contributed by atoms with Crippen molar-refractivity contribution in [2.75, 3.05) is 13.2 Å². The molecule has 0 aromatic carbocycles. The fourth-order valence-electron chi connectivity index (χ4n) is 0.591. The molecule has 0 saturated carbocycles. The molecular formula is C8H17O. The highest BCUT2D eigenvalue weighted by Crippen LogP contribution is 2.05. The fraction of sp³-hybridized carbons (Fsp3) is 0.875. The molecule has 1 radical (unpaired) electrons. The number of hydrogen-bond acceptors (Lipinski definition) is 1. The van der Waals surface area contributed by atoms with Crippen LogP contribution in [0.1, 0.15) is 26.7 Å². The fourth-order valence-corrected chi connectivity index (χ4v) is 0.591. The van der Waals surface area contributed by atoms with Crippen LogP contribution in [0.25, 0.3) is 0 Å². The van der Waals surface area contributed by atoms with Crippen LogP contribution in [0.4, 0.5) is 0 Å². The predicted octanol–water partition coefficient (Wildman–Crippen LogP) is 2.27.